The number of unbranched alkanes of at least 4 members (excludes halogenated alkanes) is 10. The van der Waals surface area contributed by atoms with Gasteiger partial charge in [-0.25, -0.2) is 9.59 Å². The minimum absolute atomic E-state index is 0.0676. The molecule has 0 atom stereocenters. The van der Waals surface area contributed by atoms with Crippen LogP contribution in [0.3, 0.4) is 0 Å². The Morgan fingerprint density at radius 2 is 1.16 bits per heavy atom. The first-order valence-corrected chi connectivity index (χ1v) is 21.0. The van der Waals surface area contributed by atoms with E-state index >= 15 is 0 Å². The number of rotatable bonds is 30. The third-order valence-electron chi connectivity index (χ3n) is 9.50. The largest absolute Gasteiger partial charge is 0.488 e. The van der Waals surface area contributed by atoms with E-state index in [1.807, 2.05) is 19.1 Å². The molecule has 0 aliphatic carbocycles. The average molecular weight is 838 g/mol. The Kier molecular flexibility index (Phi) is 22.6. The van der Waals surface area contributed by atoms with Crippen molar-refractivity contribution in [3.8, 4) is 17.6 Å². The van der Waals surface area contributed by atoms with Gasteiger partial charge in [-0.3, -0.25) is 10.1 Å². The first-order valence-electron chi connectivity index (χ1n) is 21.0. The summed E-state index contributed by atoms with van der Waals surface area (Å²) in [5, 5.41) is 38.6. The number of carbonyl (C=O) groups is 2. The number of nitro groups is 1. The number of aryl methyl sites for hydroxylation is 1. The van der Waals surface area contributed by atoms with Crippen LogP contribution in [-0.2, 0) is 19.1 Å². The molecule has 0 N–H and O–H groups in total. The number of hydrogen-bond donors (Lipinski definition) is 0. The van der Waals surface area contributed by atoms with Gasteiger partial charge in [-0.15, -0.1) is 15.3 Å². The monoisotopic (exact) mass is 837 g/mol. The van der Waals surface area contributed by atoms with E-state index in [1.165, 1.54) is 88.5 Å². The second-order valence-corrected chi connectivity index (χ2v) is 14.2. The highest BCUT2D eigenvalue weighted by molar-refractivity contribution is 5.81. The van der Waals surface area contributed by atoms with Crippen LogP contribution in [0.4, 0.5) is 34.1 Å². The Balaban J connectivity index is 1.99. The number of nitro benzene ring substituents is 1. The number of benzene rings is 3. The van der Waals surface area contributed by atoms with Gasteiger partial charge in [-0.1, -0.05) is 91.2 Å². The fourth-order valence-corrected chi connectivity index (χ4v) is 6.15. The number of carbonyl (C=O) groups excluding carboxylic acids is 2. The normalized spacial score (nSPS) is 11.0. The molecule has 0 amide bonds. The van der Waals surface area contributed by atoms with E-state index in [9.17, 15) is 25.0 Å². The molecule has 0 saturated heterocycles. The van der Waals surface area contributed by atoms with Crippen LogP contribution < -0.4 is 14.4 Å². The molecule has 15 nitrogen and oxygen atoms in total. The van der Waals surface area contributed by atoms with Crippen LogP contribution in [-0.4, -0.2) is 56.4 Å². The molecule has 0 aromatic heterocycles. The lowest BCUT2D eigenvalue weighted by Crippen LogP contribution is -2.25. The molecule has 326 valence electrons. The van der Waals surface area contributed by atoms with Crippen LogP contribution in [0.1, 0.15) is 102 Å². The lowest BCUT2D eigenvalue weighted by atomic mass is 10.1. The van der Waals surface area contributed by atoms with Crippen molar-refractivity contribution in [1.29, 1.82) is 5.26 Å². The van der Waals surface area contributed by atoms with Gasteiger partial charge in [0.2, 0.25) is 0 Å². The van der Waals surface area contributed by atoms with Crippen molar-refractivity contribution in [1.82, 2.24) is 0 Å². The number of non-ortho nitro benzene ring substituents is 1. The van der Waals surface area contributed by atoms with E-state index in [-0.39, 0.29) is 66.2 Å². The fourth-order valence-electron chi connectivity index (χ4n) is 6.15. The molecule has 3 rings (SSSR count). The molecule has 0 spiro atoms. The van der Waals surface area contributed by atoms with Gasteiger partial charge >= 0.3 is 11.9 Å². The predicted octanol–water partition coefficient (Wildman–Crippen LogP) is 12.3. The Morgan fingerprint density at radius 1 is 0.689 bits per heavy atom. The highest BCUT2D eigenvalue weighted by Gasteiger charge is 2.16. The molecule has 0 aliphatic heterocycles. The maximum atomic E-state index is 11.7. The van der Waals surface area contributed by atoms with E-state index in [2.05, 4.69) is 64.5 Å². The van der Waals surface area contributed by atoms with E-state index in [1.54, 1.807) is 0 Å². The topological polar surface area (TPSA) is 191 Å². The number of azo groups is 2. The van der Waals surface area contributed by atoms with Crippen molar-refractivity contribution in [3.63, 3.8) is 0 Å². The molecule has 0 heterocycles. The fraction of sp³-hybridized carbons (Fsp3) is 0.457. The molecule has 0 fully saturated rings. The number of hydrogen-bond acceptors (Lipinski definition) is 14. The van der Waals surface area contributed by atoms with Crippen LogP contribution in [0.5, 0.6) is 11.5 Å². The summed E-state index contributed by atoms with van der Waals surface area (Å²) in [5.74, 6) is -0.923. The molecule has 0 bridgehead atoms. The summed E-state index contributed by atoms with van der Waals surface area (Å²) in [5.41, 5.74) is 2.78. The highest BCUT2D eigenvalue weighted by Crippen LogP contribution is 2.42. The third kappa shape index (κ3) is 17.8. The summed E-state index contributed by atoms with van der Waals surface area (Å²) in [7, 11) is 0. The van der Waals surface area contributed by atoms with E-state index < -0.39 is 16.9 Å². The van der Waals surface area contributed by atoms with Crippen molar-refractivity contribution >= 4 is 46.1 Å². The Bertz CT molecular complexity index is 1990. The number of ether oxygens (including phenoxy) is 4. The second kappa shape index (κ2) is 28.1. The van der Waals surface area contributed by atoms with Crippen molar-refractivity contribution in [2.45, 2.75) is 97.8 Å². The standard InChI is InChI=1S/C46H59N7O8/c1-6-10-12-14-16-18-24-52(25-19-17-15-13-11-7-2)37-20-22-39(35(5)30-37)48-50-41-32-44(59-27-29-61-46(55)9-4)42(33-43(41)58-26-28-60-45(54)8-3)51-49-40-23-21-38(53(56)57)31-36(40)34-47/h8-9,20-23,30-33H,3-4,6-7,10-19,24-29H2,1-2,5H3/b50-48+,51-49+. The quantitative estimate of drug-likeness (QED) is 0.0156. The molecular formula is C46H59N7O8. The number of nitrogens with zero attached hydrogens (tertiary/aromatic N) is 7. The highest BCUT2D eigenvalue weighted by atomic mass is 16.6. The van der Waals surface area contributed by atoms with Gasteiger partial charge in [0.05, 0.1) is 16.2 Å². The van der Waals surface area contributed by atoms with Gasteiger partial charge in [0, 0.05) is 55.2 Å². The lowest BCUT2D eigenvalue weighted by molar-refractivity contribution is -0.384. The third-order valence-corrected chi connectivity index (χ3v) is 9.50. The van der Waals surface area contributed by atoms with Gasteiger partial charge in [-0.05, 0) is 49.6 Å². The summed E-state index contributed by atoms with van der Waals surface area (Å²) in [6.45, 7) is 14.9. The van der Waals surface area contributed by atoms with Crippen molar-refractivity contribution < 1.29 is 33.5 Å². The van der Waals surface area contributed by atoms with Gasteiger partial charge in [0.1, 0.15) is 61.1 Å². The smallest absolute Gasteiger partial charge is 0.330 e. The maximum Gasteiger partial charge on any atom is 0.330 e. The van der Waals surface area contributed by atoms with E-state index in [0.29, 0.717) is 5.69 Å². The van der Waals surface area contributed by atoms with Crippen LogP contribution in [0, 0.1) is 28.4 Å². The van der Waals surface area contributed by atoms with Crippen molar-refractivity contribution in [2.24, 2.45) is 20.5 Å². The average Bonchev–Trinajstić information content (AvgIpc) is 3.27. The van der Waals surface area contributed by atoms with Crippen molar-refractivity contribution in [3.05, 3.63) is 95.1 Å². The summed E-state index contributed by atoms with van der Waals surface area (Å²) in [4.78, 5) is 36.5. The zero-order valence-electron chi connectivity index (χ0n) is 35.8. The molecule has 3 aromatic carbocycles. The molecule has 0 radical (unpaired) electrons. The van der Waals surface area contributed by atoms with Gasteiger partial charge in [-0.2, -0.15) is 10.4 Å². The molecule has 15 heteroatoms. The number of nitriles is 1. The summed E-state index contributed by atoms with van der Waals surface area (Å²) in [6.07, 6.45) is 16.9. The first-order chi connectivity index (χ1) is 29.6. The van der Waals surface area contributed by atoms with E-state index in [4.69, 9.17) is 18.9 Å². The van der Waals surface area contributed by atoms with Gasteiger partial charge < -0.3 is 23.8 Å². The summed E-state index contributed by atoms with van der Waals surface area (Å²) in [6, 6.07) is 14.7. The molecular weight excluding hydrogens is 779 g/mol. The Labute approximate surface area is 359 Å². The molecule has 0 saturated carbocycles. The summed E-state index contributed by atoms with van der Waals surface area (Å²) >= 11 is 0. The summed E-state index contributed by atoms with van der Waals surface area (Å²) < 4.78 is 22.1. The van der Waals surface area contributed by atoms with Gasteiger partial charge in [0.25, 0.3) is 5.69 Å². The minimum Gasteiger partial charge on any atom is -0.488 e. The maximum absolute atomic E-state index is 11.7. The molecule has 0 aliphatic rings. The minimum atomic E-state index is -0.629. The molecule has 0 unspecified atom stereocenters. The number of esters is 2. The Morgan fingerprint density at radius 3 is 1.64 bits per heavy atom. The van der Waals surface area contributed by atoms with Crippen molar-refractivity contribution in [2.75, 3.05) is 44.4 Å². The predicted molar refractivity (Wildman–Crippen MR) is 236 cm³/mol. The van der Waals surface area contributed by atoms with Crippen LogP contribution in [0.2, 0.25) is 0 Å². The SMILES string of the molecule is C=CC(=O)OCCOc1cc(/N=N/c2ccc([N+](=O)[O-])cc2C#N)c(OCCOC(=O)C=C)cc1/N=N/c1ccc(N(CCCCCCCC)CCCCCCCC)cc1C. The zero-order valence-corrected chi connectivity index (χ0v) is 35.8. The molecule has 3 aromatic rings. The van der Waals surface area contributed by atoms with Gasteiger partial charge in [0.15, 0.2) is 0 Å². The molecule has 61 heavy (non-hydrogen) atoms. The second-order valence-electron chi connectivity index (χ2n) is 14.2. The van der Waals surface area contributed by atoms with Crippen LogP contribution in [0.25, 0.3) is 0 Å². The lowest BCUT2D eigenvalue weighted by Gasteiger charge is -2.26. The Hall–Kier alpha value is -6.43. The van der Waals surface area contributed by atoms with Crippen LogP contribution >= 0.6 is 0 Å². The zero-order chi connectivity index (χ0) is 44.2. The number of anilines is 1. The first kappa shape index (κ1) is 48.9. The van der Waals surface area contributed by atoms with E-state index in [0.717, 1.165) is 55.4 Å². The van der Waals surface area contributed by atoms with Crippen LogP contribution in [0.15, 0.2) is 94.3 Å².